The van der Waals surface area contributed by atoms with Gasteiger partial charge >= 0.3 is 0 Å². The van der Waals surface area contributed by atoms with Gasteiger partial charge in [0.1, 0.15) is 0 Å². The number of ether oxygens (including phenoxy) is 2. The summed E-state index contributed by atoms with van der Waals surface area (Å²) in [5, 5.41) is 3.85. The van der Waals surface area contributed by atoms with E-state index in [1.54, 1.807) is 0 Å². The second-order valence-electron chi connectivity index (χ2n) is 4.11. The summed E-state index contributed by atoms with van der Waals surface area (Å²) in [5.41, 5.74) is 1.02. The minimum atomic E-state index is 0.0913. The number of unbranched alkanes of at least 4 members (excludes halogenated alkanes) is 1. The number of nitrogens with one attached hydrogen (secondary N) is 1. The van der Waals surface area contributed by atoms with Crippen LogP contribution in [-0.2, 0) is 11.3 Å². The maximum absolute atomic E-state index is 11.5. The molecule has 4 nitrogen and oxygen atoms in total. The highest BCUT2D eigenvalue weighted by molar-refractivity contribution is 9.09. The molecule has 1 amide bonds. The first-order valence-corrected chi connectivity index (χ1v) is 7.13. The molecule has 0 spiro atoms. The standard InChI is InChI=1S/C13H16BrNO3/c14-6-2-1-3-13(16)15-8-10-4-5-11-12(7-10)18-9-17-11/h4-5,7H,1-3,6,8-9H2,(H,15,16). The lowest BCUT2D eigenvalue weighted by molar-refractivity contribution is -0.121. The number of halogens is 1. The number of carbonyl (C=O) groups excluding carboxylic acids is 1. The van der Waals surface area contributed by atoms with Gasteiger partial charge in [-0.25, -0.2) is 0 Å². The van der Waals surface area contributed by atoms with Gasteiger partial charge in [0, 0.05) is 18.3 Å². The van der Waals surface area contributed by atoms with Crippen LogP contribution in [0.3, 0.4) is 0 Å². The van der Waals surface area contributed by atoms with E-state index in [4.69, 9.17) is 9.47 Å². The van der Waals surface area contributed by atoms with Crippen LogP contribution in [0.15, 0.2) is 18.2 Å². The van der Waals surface area contributed by atoms with Crippen molar-refractivity contribution < 1.29 is 14.3 Å². The number of benzene rings is 1. The van der Waals surface area contributed by atoms with Gasteiger partial charge in [0.05, 0.1) is 0 Å². The Morgan fingerprint density at radius 2 is 2.11 bits per heavy atom. The van der Waals surface area contributed by atoms with Crippen LogP contribution in [-0.4, -0.2) is 18.0 Å². The predicted molar refractivity (Wildman–Crippen MR) is 72.1 cm³/mol. The number of hydrogen-bond donors (Lipinski definition) is 1. The third-order valence-electron chi connectivity index (χ3n) is 2.71. The van der Waals surface area contributed by atoms with Crippen LogP contribution in [0.25, 0.3) is 0 Å². The fourth-order valence-electron chi connectivity index (χ4n) is 1.72. The molecule has 98 valence electrons. The van der Waals surface area contributed by atoms with E-state index in [1.165, 1.54) is 0 Å². The molecule has 1 aliphatic rings. The van der Waals surface area contributed by atoms with Crippen LogP contribution in [0.5, 0.6) is 11.5 Å². The van der Waals surface area contributed by atoms with Crippen LogP contribution < -0.4 is 14.8 Å². The summed E-state index contributed by atoms with van der Waals surface area (Å²) < 4.78 is 10.5. The smallest absolute Gasteiger partial charge is 0.231 e. The summed E-state index contributed by atoms with van der Waals surface area (Å²) in [6, 6.07) is 5.71. The number of hydrogen-bond acceptors (Lipinski definition) is 3. The lowest BCUT2D eigenvalue weighted by Crippen LogP contribution is -2.22. The van der Waals surface area contributed by atoms with Crippen molar-refractivity contribution in [3.05, 3.63) is 23.8 Å². The molecule has 1 aliphatic heterocycles. The predicted octanol–water partition coefficient (Wildman–Crippen LogP) is 2.60. The second-order valence-corrected chi connectivity index (χ2v) is 4.90. The van der Waals surface area contributed by atoms with Gasteiger partial charge in [-0.05, 0) is 30.5 Å². The maximum Gasteiger partial charge on any atom is 0.231 e. The first-order chi connectivity index (χ1) is 8.79. The average molecular weight is 314 g/mol. The lowest BCUT2D eigenvalue weighted by atomic mass is 10.2. The Balaban J connectivity index is 1.78. The molecule has 0 saturated carbocycles. The van der Waals surface area contributed by atoms with Gasteiger partial charge in [-0.15, -0.1) is 0 Å². The fourth-order valence-corrected chi connectivity index (χ4v) is 2.12. The summed E-state index contributed by atoms with van der Waals surface area (Å²) in [7, 11) is 0. The summed E-state index contributed by atoms with van der Waals surface area (Å²) >= 11 is 3.35. The molecule has 0 radical (unpaired) electrons. The highest BCUT2D eigenvalue weighted by Crippen LogP contribution is 2.32. The van der Waals surface area contributed by atoms with E-state index in [2.05, 4.69) is 21.2 Å². The number of alkyl halides is 1. The number of rotatable bonds is 6. The third-order valence-corrected chi connectivity index (χ3v) is 3.27. The molecule has 1 heterocycles. The zero-order valence-electron chi connectivity index (χ0n) is 10.1. The SMILES string of the molecule is O=C(CCCCBr)NCc1ccc2c(c1)OCO2. The molecule has 5 heteroatoms. The molecule has 1 N–H and O–H groups in total. The lowest BCUT2D eigenvalue weighted by Gasteiger charge is -2.06. The molecule has 0 unspecified atom stereocenters. The van der Waals surface area contributed by atoms with Crippen LogP contribution in [0, 0.1) is 0 Å². The van der Waals surface area contributed by atoms with Crippen molar-refractivity contribution in [3.63, 3.8) is 0 Å². The Bertz CT molecular complexity index is 423. The van der Waals surface area contributed by atoms with Gasteiger partial charge in [-0.1, -0.05) is 22.0 Å². The highest BCUT2D eigenvalue weighted by Gasteiger charge is 2.13. The van der Waals surface area contributed by atoms with Crippen molar-refractivity contribution in [1.29, 1.82) is 0 Å². The Morgan fingerprint density at radius 3 is 2.94 bits per heavy atom. The topological polar surface area (TPSA) is 47.6 Å². The molecule has 1 aromatic carbocycles. The van der Waals surface area contributed by atoms with E-state index in [-0.39, 0.29) is 12.7 Å². The minimum Gasteiger partial charge on any atom is -0.454 e. The number of fused-ring (bicyclic) bond motifs is 1. The van der Waals surface area contributed by atoms with E-state index < -0.39 is 0 Å². The first-order valence-electron chi connectivity index (χ1n) is 6.01. The van der Waals surface area contributed by atoms with E-state index in [1.807, 2.05) is 18.2 Å². The maximum atomic E-state index is 11.5. The molecular formula is C13H16BrNO3. The normalized spacial score (nSPS) is 12.5. The largest absolute Gasteiger partial charge is 0.454 e. The van der Waals surface area contributed by atoms with Gasteiger partial charge in [0.15, 0.2) is 11.5 Å². The minimum absolute atomic E-state index is 0.0913. The monoisotopic (exact) mass is 313 g/mol. The molecule has 0 saturated heterocycles. The average Bonchev–Trinajstić information content (AvgIpc) is 2.84. The van der Waals surface area contributed by atoms with Crippen molar-refractivity contribution in [1.82, 2.24) is 5.32 Å². The summed E-state index contributed by atoms with van der Waals surface area (Å²) in [5.74, 6) is 1.61. The molecule has 1 aromatic rings. The quantitative estimate of drug-likeness (QED) is 0.648. The Hall–Kier alpha value is -1.23. The van der Waals surface area contributed by atoms with Crippen LogP contribution in [0.2, 0.25) is 0 Å². The molecule has 2 rings (SSSR count). The number of carbonyl (C=O) groups is 1. The van der Waals surface area contributed by atoms with Crippen molar-refractivity contribution in [2.45, 2.75) is 25.8 Å². The Morgan fingerprint density at radius 1 is 1.28 bits per heavy atom. The van der Waals surface area contributed by atoms with Gasteiger partial charge in [-0.2, -0.15) is 0 Å². The molecule has 0 aromatic heterocycles. The highest BCUT2D eigenvalue weighted by atomic mass is 79.9. The van der Waals surface area contributed by atoms with E-state index in [0.29, 0.717) is 13.0 Å². The number of amides is 1. The van der Waals surface area contributed by atoms with E-state index in [0.717, 1.165) is 35.2 Å². The molecular weight excluding hydrogens is 298 g/mol. The molecule has 0 aliphatic carbocycles. The van der Waals surface area contributed by atoms with Gasteiger partial charge < -0.3 is 14.8 Å². The Kier molecular flexibility index (Phi) is 4.87. The van der Waals surface area contributed by atoms with E-state index in [9.17, 15) is 4.79 Å². The molecule has 0 atom stereocenters. The first kappa shape index (κ1) is 13.2. The van der Waals surface area contributed by atoms with Crippen molar-refractivity contribution in [2.24, 2.45) is 0 Å². The summed E-state index contributed by atoms with van der Waals surface area (Å²) in [4.78, 5) is 11.5. The summed E-state index contributed by atoms with van der Waals surface area (Å²) in [6.45, 7) is 0.807. The van der Waals surface area contributed by atoms with Gasteiger partial charge in [0.2, 0.25) is 12.7 Å². The van der Waals surface area contributed by atoms with Crippen LogP contribution >= 0.6 is 15.9 Å². The van der Waals surface area contributed by atoms with Crippen molar-refractivity contribution in [3.8, 4) is 11.5 Å². The summed E-state index contributed by atoms with van der Waals surface area (Å²) in [6.07, 6.45) is 2.52. The molecule has 18 heavy (non-hydrogen) atoms. The van der Waals surface area contributed by atoms with Crippen LogP contribution in [0.4, 0.5) is 0 Å². The third kappa shape index (κ3) is 3.63. The fraction of sp³-hybridized carbons (Fsp3) is 0.462. The van der Waals surface area contributed by atoms with Crippen LogP contribution in [0.1, 0.15) is 24.8 Å². The van der Waals surface area contributed by atoms with Crippen molar-refractivity contribution in [2.75, 3.05) is 12.1 Å². The zero-order valence-corrected chi connectivity index (χ0v) is 11.7. The Labute approximate surface area is 115 Å². The van der Waals surface area contributed by atoms with E-state index >= 15 is 0 Å². The molecule has 0 fully saturated rings. The second kappa shape index (κ2) is 6.64. The van der Waals surface area contributed by atoms with Crippen molar-refractivity contribution >= 4 is 21.8 Å². The van der Waals surface area contributed by atoms with Gasteiger partial charge in [0.25, 0.3) is 0 Å². The van der Waals surface area contributed by atoms with Gasteiger partial charge in [-0.3, -0.25) is 4.79 Å². The molecule has 0 bridgehead atoms. The zero-order chi connectivity index (χ0) is 12.8.